The normalized spacial score (nSPS) is 12.0. The highest BCUT2D eigenvalue weighted by Gasteiger charge is 2.30. The van der Waals surface area contributed by atoms with E-state index in [-0.39, 0.29) is 18.4 Å². The van der Waals surface area contributed by atoms with Crippen LogP contribution in [0.25, 0.3) is 5.65 Å². The number of hydrogen-bond donors (Lipinski definition) is 0. The smallest absolute Gasteiger partial charge is 0.292 e. The molecule has 0 bridgehead atoms. The Labute approximate surface area is 155 Å². The summed E-state index contributed by atoms with van der Waals surface area (Å²) in [5.41, 5.74) is 1.38. The van der Waals surface area contributed by atoms with Crippen molar-refractivity contribution in [2.75, 3.05) is 4.90 Å². The highest BCUT2D eigenvalue weighted by atomic mass is 19.4. The summed E-state index contributed by atoms with van der Waals surface area (Å²) in [6.07, 6.45) is -2.56. The second kappa shape index (κ2) is 7.06. The van der Waals surface area contributed by atoms with Crippen molar-refractivity contribution in [3.8, 4) is 0 Å². The average molecular weight is 375 g/mol. The zero-order chi connectivity index (χ0) is 19.8. The molecule has 0 aliphatic carbocycles. The lowest BCUT2D eigenvalue weighted by Gasteiger charge is -2.23. The van der Waals surface area contributed by atoms with Gasteiger partial charge >= 0.3 is 6.18 Å². The predicted molar refractivity (Wildman–Crippen MR) is 97.6 cm³/mol. The maximum absolute atomic E-state index is 12.8. The summed E-state index contributed by atoms with van der Waals surface area (Å²) in [4.78, 5) is 18.6. The van der Waals surface area contributed by atoms with Crippen LogP contribution in [0.5, 0.6) is 0 Å². The topological polar surface area (TPSA) is 37.6 Å². The van der Waals surface area contributed by atoms with Gasteiger partial charge in [0, 0.05) is 13.1 Å². The molecular formula is C20H20F3N3O. The Morgan fingerprint density at radius 3 is 2.37 bits per heavy atom. The zero-order valence-corrected chi connectivity index (χ0v) is 15.3. The minimum atomic E-state index is -4.38. The van der Waals surface area contributed by atoms with Crippen LogP contribution >= 0.6 is 0 Å². The van der Waals surface area contributed by atoms with E-state index in [2.05, 4.69) is 4.98 Å². The molecule has 1 amide bonds. The van der Waals surface area contributed by atoms with Gasteiger partial charge in [-0.25, -0.2) is 4.98 Å². The monoisotopic (exact) mass is 375 g/mol. The summed E-state index contributed by atoms with van der Waals surface area (Å²) in [6.45, 7) is 5.58. The van der Waals surface area contributed by atoms with Crippen molar-refractivity contribution in [3.05, 3.63) is 65.5 Å². The van der Waals surface area contributed by atoms with Gasteiger partial charge in [-0.15, -0.1) is 0 Å². The van der Waals surface area contributed by atoms with Crippen LogP contribution in [0.4, 0.5) is 19.0 Å². The molecule has 0 unspecified atom stereocenters. The van der Waals surface area contributed by atoms with E-state index in [1.165, 1.54) is 19.1 Å². The fraction of sp³-hybridized carbons (Fsp3) is 0.300. The van der Waals surface area contributed by atoms with Crippen LogP contribution in [0.15, 0.2) is 48.7 Å². The Kier molecular flexibility index (Phi) is 4.95. The van der Waals surface area contributed by atoms with Gasteiger partial charge in [-0.2, -0.15) is 13.2 Å². The van der Waals surface area contributed by atoms with E-state index in [9.17, 15) is 18.0 Å². The molecule has 0 atom stereocenters. The number of anilines is 1. The number of halogens is 3. The van der Waals surface area contributed by atoms with Crippen LogP contribution in [0.3, 0.4) is 0 Å². The molecular weight excluding hydrogens is 355 g/mol. The van der Waals surface area contributed by atoms with Crippen LogP contribution in [-0.2, 0) is 17.5 Å². The Bertz CT molecular complexity index is 959. The number of rotatable bonds is 4. The van der Waals surface area contributed by atoms with Crippen molar-refractivity contribution in [1.29, 1.82) is 0 Å². The van der Waals surface area contributed by atoms with Gasteiger partial charge in [-0.05, 0) is 35.7 Å². The molecule has 0 saturated heterocycles. The average Bonchev–Trinajstić information content (AvgIpc) is 2.98. The first kappa shape index (κ1) is 18.9. The van der Waals surface area contributed by atoms with Crippen LogP contribution in [0, 0.1) is 0 Å². The summed E-state index contributed by atoms with van der Waals surface area (Å²) >= 11 is 0. The molecule has 0 aliphatic heterocycles. The SMILES string of the molecule is CC(=O)N(Cc1ccc(C(F)(F)F)cc1)c1c(C(C)C)nc2ccccn12. The first-order valence-electron chi connectivity index (χ1n) is 8.59. The molecule has 0 aliphatic rings. The Hall–Kier alpha value is -2.83. The predicted octanol–water partition coefficient (Wildman–Crippen LogP) is 5.03. The third kappa shape index (κ3) is 3.82. The largest absolute Gasteiger partial charge is 0.416 e. The molecule has 3 rings (SSSR count). The molecule has 2 aromatic heterocycles. The number of benzene rings is 1. The summed E-state index contributed by atoms with van der Waals surface area (Å²) in [5.74, 6) is 0.518. The first-order chi connectivity index (χ1) is 12.7. The lowest BCUT2D eigenvalue weighted by molar-refractivity contribution is -0.137. The van der Waals surface area contributed by atoms with Crippen molar-refractivity contribution in [2.45, 2.75) is 39.4 Å². The van der Waals surface area contributed by atoms with E-state index < -0.39 is 11.7 Å². The lowest BCUT2D eigenvalue weighted by Crippen LogP contribution is -2.30. The van der Waals surface area contributed by atoms with Gasteiger partial charge in [0.1, 0.15) is 11.5 Å². The van der Waals surface area contributed by atoms with E-state index in [1.807, 2.05) is 42.6 Å². The maximum atomic E-state index is 12.8. The van der Waals surface area contributed by atoms with Crippen molar-refractivity contribution in [2.24, 2.45) is 0 Å². The fourth-order valence-corrected chi connectivity index (χ4v) is 2.97. The fourth-order valence-electron chi connectivity index (χ4n) is 2.97. The minimum absolute atomic E-state index is 0.0781. The number of nitrogens with zero attached hydrogens (tertiary/aromatic N) is 3. The lowest BCUT2D eigenvalue weighted by atomic mass is 10.1. The Balaban J connectivity index is 2.03. The van der Waals surface area contributed by atoms with E-state index in [1.54, 1.807) is 4.90 Å². The highest BCUT2D eigenvalue weighted by molar-refractivity contribution is 5.91. The van der Waals surface area contributed by atoms with Crippen LogP contribution in [0.2, 0.25) is 0 Å². The molecule has 0 fully saturated rings. The van der Waals surface area contributed by atoms with Crippen molar-refractivity contribution < 1.29 is 18.0 Å². The Morgan fingerprint density at radius 1 is 1.15 bits per heavy atom. The van der Waals surface area contributed by atoms with Gasteiger partial charge in [0.15, 0.2) is 0 Å². The van der Waals surface area contributed by atoms with Gasteiger partial charge < -0.3 is 0 Å². The maximum Gasteiger partial charge on any atom is 0.416 e. The van der Waals surface area contributed by atoms with Crippen LogP contribution in [-0.4, -0.2) is 15.3 Å². The van der Waals surface area contributed by atoms with Gasteiger partial charge in [0.05, 0.1) is 17.8 Å². The quantitative estimate of drug-likeness (QED) is 0.641. The molecule has 142 valence electrons. The number of amides is 1. The summed E-state index contributed by atoms with van der Waals surface area (Å²) in [6, 6.07) is 10.4. The molecule has 1 aromatic carbocycles. The summed E-state index contributed by atoms with van der Waals surface area (Å²) in [7, 11) is 0. The number of imidazole rings is 1. The minimum Gasteiger partial charge on any atom is -0.292 e. The molecule has 27 heavy (non-hydrogen) atoms. The van der Waals surface area contributed by atoms with Crippen LogP contribution in [0.1, 0.15) is 43.5 Å². The Morgan fingerprint density at radius 2 is 1.81 bits per heavy atom. The first-order valence-corrected chi connectivity index (χ1v) is 8.59. The summed E-state index contributed by atoms with van der Waals surface area (Å²) < 4.78 is 40.2. The van der Waals surface area contributed by atoms with Crippen LogP contribution < -0.4 is 4.90 Å². The van der Waals surface area contributed by atoms with Crippen molar-refractivity contribution in [1.82, 2.24) is 9.38 Å². The second-order valence-corrected chi connectivity index (χ2v) is 6.70. The molecule has 0 radical (unpaired) electrons. The van der Waals surface area contributed by atoms with Crippen molar-refractivity contribution >= 4 is 17.4 Å². The number of fused-ring (bicyclic) bond motifs is 1. The van der Waals surface area contributed by atoms with E-state index in [0.29, 0.717) is 11.4 Å². The zero-order valence-electron chi connectivity index (χ0n) is 15.3. The van der Waals surface area contributed by atoms with Gasteiger partial charge in [0.2, 0.25) is 5.91 Å². The third-order valence-electron chi connectivity index (χ3n) is 4.34. The van der Waals surface area contributed by atoms with E-state index >= 15 is 0 Å². The third-order valence-corrected chi connectivity index (χ3v) is 4.34. The van der Waals surface area contributed by atoms with Gasteiger partial charge in [-0.3, -0.25) is 14.1 Å². The molecule has 2 heterocycles. The molecule has 3 aromatic rings. The molecule has 0 N–H and O–H groups in total. The number of carbonyl (C=O) groups excluding carboxylic acids is 1. The number of hydrogen-bond acceptors (Lipinski definition) is 2. The number of alkyl halides is 3. The second-order valence-electron chi connectivity index (χ2n) is 6.70. The summed E-state index contributed by atoms with van der Waals surface area (Å²) in [5, 5.41) is 0. The number of pyridine rings is 1. The van der Waals surface area contributed by atoms with Gasteiger partial charge in [0.25, 0.3) is 0 Å². The molecule has 7 heteroatoms. The van der Waals surface area contributed by atoms with Gasteiger partial charge in [-0.1, -0.05) is 32.0 Å². The highest BCUT2D eigenvalue weighted by Crippen LogP contribution is 2.31. The molecule has 4 nitrogen and oxygen atoms in total. The van der Waals surface area contributed by atoms with E-state index in [4.69, 9.17) is 0 Å². The molecule has 0 spiro atoms. The standard InChI is InChI=1S/C20H20F3N3O/c1-13(2)18-19(25-11-5-4-6-17(25)24-18)26(14(3)27)12-15-7-9-16(10-8-15)20(21,22)23/h4-11,13H,12H2,1-3H3. The van der Waals surface area contributed by atoms with E-state index in [0.717, 1.165) is 23.5 Å². The van der Waals surface area contributed by atoms with Crippen molar-refractivity contribution in [3.63, 3.8) is 0 Å². The number of aromatic nitrogens is 2. The molecule has 0 saturated carbocycles. The number of carbonyl (C=O) groups is 1.